The van der Waals surface area contributed by atoms with Crippen molar-refractivity contribution in [2.45, 2.75) is 6.54 Å². The lowest BCUT2D eigenvalue weighted by Crippen LogP contribution is -2.46. The van der Waals surface area contributed by atoms with Crippen molar-refractivity contribution in [3.8, 4) is 11.5 Å². The van der Waals surface area contributed by atoms with Crippen LogP contribution in [0.1, 0.15) is 11.1 Å². The smallest absolute Gasteiger partial charge is 0.231 e. The zero-order valence-corrected chi connectivity index (χ0v) is 16.9. The number of nitrogens with one attached hydrogen (secondary N) is 1. The minimum Gasteiger partial charge on any atom is -0.454 e. The number of halogens is 2. The van der Waals surface area contributed by atoms with E-state index in [0.717, 1.165) is 23.6 Å². The third-order valence-electron chi connectivity index (χ3n) is 4.96. The van der Waals surface area contributed by atoms with Gasteiger partial charge in [-0.3, -0.25) is 10.3 Å². The van der Waals surface area contributed by atoms with E-state index in [4.69, 9.17) is 15.2 Å². The van der Waals surface area contributed by atoms with Crippen molar-refractivity contribution in [3.63, 3.8) is 0 Å². The molecule has 2 heterocycles. The summed E-state index contributed by atoms with van der Waals surface area (Å²) < 4.78 is 39.9. The van der Waals surface area contributed by atoms with Gasteiger partial charge in [0.15, 0.2) is 16.6 Å². The van der Waals surface area contributed by atoms with Crippen molar-refractivity contribution >= 4 is 29.2 Å². The van der Waals surface area contributed by atoms with Gasteiger partial charge in [0.05, 0.1) is 6.21 Å². The largest absolute Gasteiger partial charge is 0.454 e. The third kappa shape index (κ3) is 4.60. The number of fused-ring (bicyclic) bond motifs is 1. The molecular formula is C20H21F2N5O2S. The van der Waals surface area contributed by atoms with Crippen LogP contribution in [0, 0.1) is 11.6 Å². The number of benzene rings is 2. The maximum atomic E-state index is 14.6. The van der Waals surface area contributed by atoms with Gasteiger partial charge in [-0.25, -0.2) is 8.78 Å². The minimum absolute atomic E-state index is 0.0165. The Morgan fingerprint density at radius 2 is 1.80 bits per heavy atom. The van der Waals surface area contributed by atoms with Gasteiger partial charge >= 0.3 is 0 Å². The van der Waals surface area contributed by atoms with Gasteiger partial charge in [0.1, 0.15) is 17.3 Å². The van der Waals surface area contributed by atoms with Crippen molar-refractivity contribution in [2.24, 2.45) is 10.8 Å². The van der Waals surface area contributed by atoms with E-state index in [-0.39, 0.29) is 23.2 Å². The molecule has 158 valence electrons. The number of hydrogen-bond donors (Lipinski definition) is 2. The molecule has 0 amide bonds. The number of anilines is 1. The quantitative estimate of drug-likeness (QED) is 0.425. The fourth-order valence-electron chi connectivity index (χ4n) is 3.56. The first-order valence-corrected chi connectivity index (χ1v) is 9.84. The average Bonchev–Trinajstić information content (AvgIpc) is 3.16. The number of hydrazone groups is 1. The van der Waals surface area contributed by atoms with E-state index in [1.807, 2.05) is 18.2 Å². The maximum absolute atomic E-state index is 14.6. The lowest BCUT2D eigenvalue weighted by molar-refractivity contribution is 0.174. The Morgan fingerprint density at radius 1 is 1.10 bits per heavy atom. The molecule has 0 radical (unpaired) electrons. The third-order valence-corrected chi connectivity index (χ3v) is 5.05. The van der Waals surface area contributed by atoms with E-state index < -0.39 is 11.6 Å². The van der Waals surface area contributed by atoms with Crippen LogP contribution in [0.15, 0.2) is 35.4 Å². The van der Waals surface area contributed by atoms with Crippen molar-refractivity contribution < 1.29 is 18.3 Å². The van der Waals surface area contributed by atoms with Gasteiger partial charge < -0.3 is 20.1 Å². The first-order chi connectivity index (χ1) is 14.5. The highest BCUT2D eigenvalue weighted by Gasteiger charge is 2.23. The van der Waals surface area contributed by atoms with Crippen molar-refractivity contribution in [2.75, 3.05) is 37.9 Å². The first-order valence-electron chi connectivity index (χ1n) is 9.43. The number of hydrogen-bond acceptors (Lipinski definition) is 6. The van der Waals surface area contributed by atoms with Gasteiger partial charge in [0, 0.05) is 38.3 Å². The average molecular weight is 433 g/mol. The van der Waals surface area contributed by atoms with Gasteiger partial charge in [0.2, 0.25) is 6.79 Å². The van der Waals surface area contributed by atoms with Crippen LogP contribution >= 0.6 is 12.2 Å². The topological polar surface area (TPSA) is 75.4 Å². The molecule has 1 saturated heterocycles. The molecule has 0 unspecified atom stereocenters. The molecule has 2 aliphatic heterocycles. The normalized spacial score (nSPS) is 16.3. The molecule has 1 fully saturated rings. The van der Waals surface area contributed by atoms with Crippen LogP contribution in [-0.2, 0) is 6.54 Å². The second-order valence-electron chi connectivity index (χ2n) is 7.02. The van der Waals surface area contributed by atoms with Gasteiger partial charge in [-0.05, 0) is 42.0 Å². The van der Waals surface area contributed by atoms with Crippen LogP contribution in [0.2, 0.25) is 0 Å². The van der Waals surface area contributed by atoms with E-state index in [1.165, 1.54) is 18.3 Å². The molecule has 0 aliphatic carbocycles. The van der Waals surface area contributed by atoms with E-state index in [0.29, 0.717) is 26.2 Å². The van der Waals surface area contributed by atoms with E-state index in [2.05, 4.69) is 27.6 Å². The molecule has 2 aromatic rings. The zero-order valence-electron chi connectivity index (χ0n) is 16.1. The summed E-state index contributed by atoms with van der Waals surface area (Å²) in [5, 5.41) is 3.70. The van der Waals surface area contributed by atoms with E-state index in [9.17, 15) is 8.78 Å². The second kappa shape index (κ2) is 8.80. The Hall–Kier alpha value is -2.98. The van der Waals surface area contributed by atoms with Crippen molar-refractivity contribution in [1.82, 2.24) is 10.3 Å². The summed E-state index contributed by atoms with van der Waals surface area (Å²) >= 11 is 4.62. The molecular weight excluding hydrogens is 412 g/mol. The molecule has 0 bridgehead atoms. The van der Waals surface area contributed by atoms with Crippen LogP contribution in [0.4, 0.5) is 14.5 Å². The predicted octanol–water partition coefficient (Wildman–Crippen LogP) is 2.18. The van der Waals surface area contributed by atoms with Crippen molar-refractivity contribution in [3.05, 3.63) is 53.1 Å². The first kappa shape index (κ1) is 20.3. The molecule has 0 atom stereocenters. The Bertz CT molecular complexity index is 957. The molecule has 0 aromatic heterocycles. The minimum atomic E-state index is -0.629. The van der Waals surface area contributed by atoms with Gasteiger partial charge in [-0.2, -0.15) is 5.10 Å². The van der Waals surface area contributed by atoms with Gasteiger partial charge in [0.25, 0.3) is 0 Å². The molecule has 2 aromatic carbocycles. The summed E-state index contributed by atoms with van der Waals surface area (Å²) in [5.74, 6) is 0.249. The summed E-state index contributed by atoms with van der Waals surface area (Å²) in [6.45, 7) is 3.41. The highest BCUT2D eigenvalue weighted by atomic mass is 32.1. The number of ether oxygens (including phenoxy) is 2. The molecule has 0 saturated carbocycles. The predicted molar refractivity (Wildman–Crippen MR) is 114 cm³/mol. The van der Waals surface area contributed by atoms with E-state index in [1.54, 1.807) is 4.90 Å². The summed E-state index contributed by atoms with van der Waals surface area (Å²) in [4.78, 5) is 3.97. The second-order valence-corrected chi connectivity index (χ2v) is 7.46. The zero-order chi connectivity index (χ0) is 21.1. The fraction of sp³-hybridized carbons (Fsp3) is 0.300. The summed E-state index contributed by atoms with van der Waals surface area (Å²) in [5.41, 5.74) is 8.98. The lowest BCUT2D eigenvalue weighted by atomic mass is 10.1. The fourth-order valence-corrected chi connectivity index (χ4v) is 3.61. The summed E-state index contributed by atoms with van der Waals surface area (Å²) in [6, 6.07) is 8.36. The Labute approximate surface area is 178 Å². The van der Waals surface area contributed by atoms with Crippen molar-refractivity contribution in [1.29, 1.82) is 0 Å². The monoisotopic (exact) mass is 433 g/mol. The lowest BCUT2D eigenvalue weighted by Gasteiger charge is -2.36. The summed E-state index contributed by atoms with van der Waals surface area (Å²) in [7, 11) is 0. The highest BCUT2D eigenvalue weighted by molar-refractivity contribution is 7.80. The summed E-state index contributed by atoms with van der Waals surface area (Å²) in [6.07, 6.45) is 1.26. The molecule has 7 nitrogen and oxygen atoms in total. The molecule has 3 N–H and O–H groups in total. The van der Waals surface area contributed by atoms with Crippen LogP contribution in [0.3, 0.4) is 0 Å². The Balaban J connectivity index is 1.37. The van der Waals surface area contributed by atoms with E-state index >= 15 is 0 Å². The molecule has 0 spiro atoms. The van der Waals surface area contributed by atoms with Crippen LogP contribution in [0.5, 0.6) is 11.5 Å². The highest BCUT2D eigenvalue weighted by Crippen LogP contribution is 2.33. The van der Waals surface area contributed by atoms with Crippen LogP contribution < -0.4 is 25.5 Å². The van der Waals surface area contributed by atoms with Crippen LogP contribution in [-0.4, -0.2) is 49.2 Å². The molecule has 4 rings (SSSR count). The standard InChI is InChI=1S/C20H21F2N5O2S/c21-15-7-14(10-24-25-20(23)30)8-16(22)19(15)27-5-3-26(4-6-27)11-13-1-2-17-18(9-13)29-12-28-17/h1-2,7-10H,3-6,11-12H2,(H3,23,25,30). The van der Waals surface area contributed by atoms with Gasteiger partial charge in [-0.1, -0.05) is 6.07 Å². The maximum Gasteiger partial charge on any atom is 0.231 e. The van der Waals surface area contributed by atoms with Crippen LogP contribution in [0.25, 0.3) is 0 Å². The number of nitrogens with zero attached hydrogens (tertiary/aromatic N) is 3. The number of rotatable bonds is 5. The number of nitrogens with two attached hydrogens (primary N) is 1. The molecule has 10 heteroatoms. The Kier molecular flexibility index (Phi) is 5.96. The molecule has 2 aliphatic rings. The SMILES string of the molecule is NC(=S)NN=Cc1cc(F)c(N2CCN(Cc3ccc4c(c3)OCO4)CC2)c(F)c1. The van der Waals surface area contributed by atoms with Gasteiger partial charge in [-0.15, -0.1) is 0 Å². The molecule has 30 heavy (non-hydrogen) atoms. The number of thiocarbonyl (C=S) groups is 1. The Morgan fingerprint density at radius 3 is 2.50 bits per heavy atom. The number of piperazine rings is 1.